The molecule has 1 aliphatic heterocycles. The summed E-state index contributed by atoms with van der Waals surface area (Å²) in [7, 11) is -2.64. The molecule has 1 aliphatic rings. The average molecular weight is 510 g/mol. The molecular formula is C27H31N3O5S. The smallest absolute Gasteiger partial charge is 0.267 e. The van der Waals surface area contributed by atoms with E-state index in [1.54, 1.807) is 54.6 Å². The van der Waals surface area contributed by atoms with Gasteiger partial charge in [0.2, 0.25) is 5.91 Å². The Labute approximate surface area is 211 Å². The molecule has 3 aromatic rings. The first kappa shape index (κ1) is 25.7. The lowest BCUT2D eigenvalue weighted by molar-refractivity contribution is -0.128. The molecule has 0 unspecified atom stereocenters. The van der Waals surface area contributed by atoms with E-state index in [2.05, 4.69) is 10.6 Å². The fourth-order valence-corrected chi connectivity index (χ4v) is 6.50. The number of rotatable bonds is 8. The number of fused-ring (bicyclic) bond motifs is 1. The fourth-order valence-electron chi connectivity index (χ4n) is 4.63. The number of nitrogens with zero attached hydrogens (tertiary/aromatic N) is 1. The Morgan fingerprint density at radius 3 is 2.36 bits per heavy atom. The van der Waals surface area contributed by atoms with Crippen LogP contribution in [0.2, 0.25) is 0 Å². The molecule has 1 heterocycles. The maximum atomic E-state index is 14.0. The quantitative estimate of drug-likeness (QED) is 0.472. The van der Waals surface area contributed by atoms with Crippen LogP contribution in [0.5, 0.6) is 5.75 Å². The summed E-state index contributed by atoms with van der Waals surface area (Å²) in [4.78, 5) is 26.2. The molecule has 0 atom stereocenters. The largest absolute Gasteiger partial charge is 0.496 e. The van der Waals surface area contributed by atoms with E-state index in [4.69, 9.17) is 4.74 Å². The summed E-state index contributed by atoms with van der Waals surface area (Å²) in [6.45, 7) is 3.18. The molecular weight excluding hydrogens is 478 g/mol. The van der Waals surface area contributed by atoms with E-state index in [-0.39, 0.29) is 29.2 Å². The minimum Gasteiger partial charge on any atom is -0.496 e. The van der Waals surface area contributed by atoms with Crippen molar-refractivity contribution < 1.29 is 22.7 Å². The summed E-state index contributed by atoms with van der Waals surface area (Å²) in [5.74, 6) is -0.324. The molecule has 0 aliphatic carbocycles. The Kier molecular flexibility index (Phi) is 7.91. The molecule has 0 aromatic heterocycles. The maximum Gasteiger partial charge on any atom is 0.267 e. The number of anilines is 1. The topological polar surface area (TPSA) is 105 Å². The number of para-hydroxylation sites is 1. The molecule has 36 heavy (non-hydrogen) atoms. The molecule has 9 heteroatoms. The number of amides is 2. The predicted molar refractivity (Wildman–Crippen MR) is 140 cm³/mol. The summed E-state index contributed by atoms with van der Waals surface area (Å²) in [6.07, 6.45) is 1.86. The molecule has 0 bridgehead atoms. The minimum absolute atomic E-state index is 0.0522. The molecule has 0 radical (unpaired) electrons. The first-order valence-corrected chi connectivity index (χ1v) is 13.6. The van der Waals surface area contributed by atoms with E-state index in [1.165, 1.54) is 13.2 Å². The van der Waals surface area contributed by atoms with Crippen LogP contribution in [0.3, 0.4) is 0 Å². The fraction of sp³-hybridized carbons (Fsp3) is 0.333. The average Bonchev–Trinajstić information content (AvgIpc) is 2.89. The lowest BCUT2D eigenvalue weighted by atomic mass is 10.1. The van der Waals surface area contributed by atoms with Crippen molar-refractivity contribution in [2.24, 2.45) is 0 Å². The lowest BCUT2D eigenvalue weighted by Crippen LogP contribution is -2.49. The standard InChI is InChI=1S/C27H31N3O5S/c1-3-8-26(31)30(19-15-17-28-18-16-19)36(33,34)25-14-13-23(20-9-4-5-10-21(20)25)29-27(32)22-11-6-7-12-24(22)35-2/h4-7,9-14,19,28H,3,8,15-18H2,1-2H3,(H,29,32). The summed E-state index contributed by atoms with van der Waals surface area (Å²) in [5.41, 5.74) is 0.830. The summed E-state index contributed by atoms with van der Waals surface area (Å²) < 4.78 is 34.4. The van der Waals surface area contributed by atoms with E-state index < -0.39 is 10.0 Å². The monoisotopic (exact) mass is 509 g/mol. The van der Waals surface area contributed by atoms with E-state index in [0.717, 1.165) is 4.31 Å². The number of hydrogen-bond donors (Lipinski definition) is 2. The molecule has 2 N–H and O–H groups in total. The Morgan fingerprint density at radius 2 is 1.67 bits per heavy atom. The second-order valence-electron chi connectivity index (χ2n) is 8.74. The van der Waals surface area contributed by atoms with Gasteiger partial charge in [-0.1, -0.05) is 43.3 Å². The summed E-state index contributed by atoms with van der Waals surface area (Å²) in [5, 5.41) is 7.12. The zero-order chi connectivity index (χ0) is 25.7. The van der Waals surface area contributed by atoms with Crippen LogP contribution in [0.1, 0.15) is 43.0 Å². The highest BCUT2D eigenvalue weighted by Crippen LogP contribution is 2.34. The maximum absolute atomic E-state index is 14.0. The van der Waals surface area contributed by atoms with Crippen molar-refractivity contribution in [2.45, 2.75) is 43.5 Å². The molecule has 0 spiro atoms. The van der Waals surface area contributed by atoms with Gasteiger partial charge in [-0.15, -0.1) is 0 Å². The van der Waals surface area contributed by atoms with Gasteiger partial charge in [0.05, 0.1) is 23.6 Å². The molecule has 1 fully saturated rings. The minimum atomic E-state index is -4.13. The number of sulfonamides is 1. The molecule has 190 valence electrons. The van der Waals surface area contributed by atoms with Gasteiger partial charge in [-0.2, -0.15) is 0 Å². The molecule has 8 nitrogen and oxygen atoms in total. The van der Waals surface area contributed by atoms with Gasteiger partial charge in [0.25, 0.3) is 15.9 Å². The van der Waals surface area contributed by atoms with Gasteiger partial charge in [-0.05, 0) is 56.6 Å². The van der Waals surface area contributed by atoms with Crippen LogP contribution in [0.15, 0.2) is 65.6 Å². The second kappa shape index (κ2) is 11.1. The second-order valence-corrected chi connectivity index (χ2v) is 10.5. The summed E-state index contributed by atoms with van der Waals surface area (Å²) in [6, 6.07) is 16.5. The van der Waals surface area contributed by atoms with Gasteiger partial charge >= 0.3 is 0 Å². The van der Waals surface area contributed by atoms with Crippen LogP contribution < -0.4 is 15.4 Å². The van der Waals surface area contributed by atoms with Crippen LogP contribution in [0.25, 0.3) is 10.8 Å². The predicted octanol–water partition coefficient (Wildman–Crippen LogP) is 4.17. The normalized spacial score (nSPS) is 14.4. The molecule has 3 aromatic carbocycles. The number of methoxy groups -OCH3 is 1. The number of carbonyl (C=O) groups is 2. The first-order chi connectivity index (χ1) is 17.4. The van der Waals surface area contributed by atoms with Gasteiger partial charge in [0, 0.05) is 22.9 Å². The van der Waals surface area contributed by atoms with Crippen LogP contribution in [-0.4, -0.2) is 50.8 Å². The SMILES string of the molecule is CCCC(=O)N(C1CCNCC1)S(=O)(=O)c1ccc(NC(=O)c2ccccc2OC)c2ccccc12. The van der Waals surface area contributed by atoms with Gasteiger partial charge in [0.15, 0.2) is 0 Å². The highest BCUT2D eigenvalue weighted by molar-refractivity contribution is 7.90. The van der Waals surface area contributed by atoms with Crippen LogP contribution >= 0.6 is 0 Å². The number of nitrogens with one attached hydrogen (secondary N) is 2. The number of carbonyl (C=O) groups excluding carboxylic acids is 2. The third-order valence-electron chi connectivity index (χ3n) is 6.37. The Balaban J connectivity index is 1.76. The molecule has 2 amide bonds. The van der Waals surface area contributed by atoms with Crippen molar-refractivity contribution in [2.75, 3.05) is 25.5 Å². The molecule has 4 rings (SSSR count). The zero-order valence-corrected chi connectivity index (χ0v) is 21.3. The lowest BCUT2D eigenvalue weighted by Gasteiger charge is -2.34. The third kappa shape index (κ3) is 5.08. The van der Waals surface area contributed by atoms with Crippen molar-refractivity contribution >= 4 is 38.3 Å². The van der Waals surface area contributed by atoms with Gasteiger partial charge in [0.1, 0.15) is 5.75 Å². The van der Waals surface area contributed by atoms with Crippen LogP contribution in [-0.2, 0) is 14.8 Å². The summed E-state index contributed by atoms with van der Waals surface area (Å²) >= 11 is 0. The van der Waals surface area contributed by atoms with Gasteiger partial charge < -0.3 is 15.4 Å². The van der Waals surface area contributed by atoms with E-state index >= 15 is 0 Å². The van der Waals surface area contributed by atoms with Crippen molar-refractivity contribution in [3.8, 4) is 5.75 Å². The first-order valence-electron chi connectivity index (χ1n) is 12.1. The van der Waals surface area contributed by atoms with Crippen molar-refractivity contribution in [1.29, 1.82) is 0 Å². The van der Waals surface area contributed by atoms with E-state index in [0.29, 0.717) is 60.1 Å². The van der Waals surface area contributed by atoms with Crippen LogP contribution in [0.4, 0.5) is 5.69 Å². The Hall–Kier alpha value is -3.43. The Morgan fingerprint density at radius 1 is 1.00 bits per heavy atom. The molecule has 1 saturated heterocycles. The number of hydrogen-bond acceptors (Lipinski definition) is 6. The van der Waals surface area contributed by atoms with E-state index in [9.17, 15) is 18.0 Å². The van der Waals surface area contributed by atoms with E-state index in [1.807, 2.05) is 6.92 Å². The van der Waals surface area contributed by atoms with Crippen molar-refractivity contribution in [3.63, 3.8) is 0 Å². The van der Waals surface area contributed by atoms with Gasteiger partial charge in [-0.3, -0.25) is 9.59 Å². The van der Waals surface area contributed by atoms with Crippen LogP contribution in [0, 0.1) is 0 Å². The third-order valence-corrected chi connectivity index (χ3v) is 8.30. The highest BCUT2D eigenvalue weighted by Gasteiger charge is 2.36. The molecule has 0 saturated carbocycles. The highest BCUT2D eigenvalue weighted by atomic mass is 32.2. The van der Waals surface area contributed by atoms with Crippen molar-refractivity contribution in [1.82, 2.24) is 9.62 Å². The van der Waals surface area contributed by atoms with Gasteiger partial charge in [-0.25, -0.2) is 12.7 Å². The number of piperidine rings is 1. The van der Waals surface area contributed by atoms with Crippen molar-refractivity contribution in [3.05, 3.63) is 66.2 Å². The zero-order valence-electron chi connectivity index (χ0n) is 20.5. The number of ether oxygens (including phenoxy) is 1. The number of benzene rings is 3. The Bertz CT molecular complexity index is 1370.